The van der Waals surface area contributed by atoms with Crippen LogP contribution < -0.4 is 10.5 Å². The average molecular weight is 331 g/mol. The van der Waals surface area contributed by atoms with E-state index in [1.54, 1.807) is 4.90 Å². The number of aromatic nitrogens is 1. The van der Waals surface area contributed by atoms with Crippen molar-refractivity contribution in [2.45, 2.75) is 25.4 Å². The van der Waals surface area contributed by atoms with Crippen LogP contribution in [0.2, 0.25) is 0 Å². The first-order valence-corrected chi connectivity index (χ1v) is 7.54. The second-order valence-electron chi connectivity index (χ2n) is 5.59. The summed E-state index contributed by atoms with van der Waals surface area (Å²) in [5, 5.41) is 0. The number of pyridine rings is 1. The number of rotatable bonds is 5. The fourth-order valence-electron chi connectivity index (χ4n) is 2.70. The van der Waals surface area contributed by atoms with Crippen LogP contribution in [-0.2, 0) is 0 Å². The van der Waals surface area contributed by atoms with Crippen LogP contribution in [0.15, 0.2) is 18.3 Å². The zero-order valence-corrected chi connectivity index (χ0v) is 12.7. The zero-order valence-electron chi connectivity index (χ0n) is 12.7. The van der Waals surface area contributed by atoms with Gasteiger partial charge in [0, 0.05) is 19.3 Å². The molecule has 1 saturated heterocycles. The van der Waals surface area contributed by atoms with Crippen molar-refractivity contribution in [1.82, 2.24) is 9.88 Å². The van der Waals surface area contributed by atoms with E-state index in [0.717, 1.165) is 19.3 Å². The number of hydrogen-bond donors (Lipinski definition) is 1. The van der Waals surface area contributed by atoms with Crippen LogP contribution >= 0.6 is 0 Å². The lowest BCUT2D eigenvalue weighted by Gasteiger charge is -2.32. The molecule has 0 spiro atoms. The summed E-state index contributed by atoms with van der Waals surface area (Å²) in [5.41, 5.74) is 5.48. The molecule has 23 heavy (non-hydrogen) atoms. The van der Waals surface area contributed by atoms with Gasteiger partial charge in [0.05, 0.1) is 0 Å². The molecule has 8 heteroatoms. The predicted molar refractivity (Wildman–Crippen MR) is 78.1 cm³/mol. The van der Waals surface area contributed by atoms with Gasteiger partial charge in [0.2, 0.25) is 0 Å². The third kappa shape index (κ3) is 5.09. The number of carbonyl (C=O) groups is 1. The Bertz CT molecular complexity index is 535. The molecule has 2 heterocycles. The van der Waals surface area contributed by atoms with E-state index in [1.165, 1.54) is 18.3 Å². The van der Waals surface area contributed by atoms with Crippen LogP contribution in [0.25, 0.3) is 0 Å². The minimum absolute atomic E-state index is 0.0786. The summed E-state index contributed by atoms with van der Waals surface area (Å²) >= 11 is 0. The molecule has 0 bridgehead atoms. The standard InChI is InChI=1S/C15H20F3N3O2/c16-15(17,18)10-23-12-4-1-7-20-13(12)14(22)21-8-2-3-11(9-21)5-6-19/h1,4,7,11H,2-3,5-6,8-10,19H2. The number of halogens is 3. The van der Waals surface area contributed by atoms with Gasteiger partial charge in [0.1, 0.15) is 0 Å². The van der Waals surface area contributed by atoms with Crippen LogP contribution in [0.5, 0.6) is 5.75 Å². The highest BCUT2D eigenvalue weighted by Gasteiger charge is 2.31. The molecule has 2 rings (SSSR count). The first-order chi connectivity index (χ1) is 10.9. The Labute approximate surface area is 132 Å². The Kier molecular flexibility index (Phi) is 5.81. The van der Waals surface area contributed by atoms with Crippen molar-refractivity contribution in [1.29, 1.82) is 0 Å². The van der Waals surface area contributed by atoms with Gasteiger partial charge in [-0.3, -0.25) is 4.79 Å². The number of nitrogens with two attached hydrogens (primary N) is 1. The molecule has 1 unspecified atom stereocenters. The van der Waals surface area contributed by atoms with Crippen molar-refractivity contribution in [2.75, 3.05) is 26.2 Å². The van der Waals surface area contributed by atoms with Gasteiger partial charge in [-0.1, -0.05) is 0 Å². The third-order valence-corrected chi connectivity index (χ3v) is 3.75. The molecular weight excluding hydrogens is 311 g/mol. The van der Waals surface area contributed by atoms with Crippen LogP contribution in [0, 0.1) is 5.92 Å². The number of carbonyl (C=O) groups excluding carboxylic acids is 1. The SMILES string of the molecule is NCCC1CCCN(C(=O)c2ncccc2OCC(F)(F)F)C1. The first-order valence-electron chi connectivity index (χ1n) is 7.54. The van der Waals surface area contributed by atoms with E-state index in [1.807, 2.05) is 0 Å². The molecule has 1 aromatic rings. The second kappa shape index (κ2) is 7.63. The van der Waals surface area contributed by atoms with E-state index in [-0.39, 0.29) is 11.4 Å². The molecule has 1 fully saturated rings. The van der Waals surface area contributed by atoms with Crippen molar-refractivity contribution in [3.8, 4) is 5.75 Å². The molecule has 0 radical (unpaired) electrons. The monoisotopic (exact) mass is 331 g/mol. The van der Waals surface area contributed by atoms with E-state index >= 15 is 0 Å². The summed E-state index contributed by atoms with van der Waals surface area (Å²) in [5.74, 6) is -0.221. The van der Waals surface area contributed by atoms with Gasteiger partial charge in [0.25, 0.3) is 5.91 Å². The zero-order chi connectivity index (χ0) is 16.9. The number of nitrogens with zero attached hydrogens (tertiary/aromatic N) is 2. The number of piperidine rings is 1. The van der Waals surface area contributed by atoms with Gasteiger partial charge in [0.15, 0.2) is 18.1 Å². The Morgan fingerprint density at radius 2 is 2.26 bits per heavy atom. The molecular formula is C15H20F3N3O2. The molecule has 0 aromatic carbocycles. The lowest BCUT2D eigenvalue weighted by Crippen LogP contribution is -2.41. The number of amides is 1. The van der Waals surface area contributed by atoms with Crippen LogP contribution in [-0.4, -0.2) is 48.2 Å². The number of likely N-dealkylation sites (tertiary alicyclic amines) is 1. The van der Waals surface area contributed by atoms with Crippen molar-refractivity contribution in [2.24, 2.45) is 11.7 Å². The Morgan fingerprint density at radius 1 is 1.48 bits per heavy atom. The summed E-state index contributed by atoms with van der Waals surface area (Å²) in [6.07, 6.45) is -0.422. The fraction of sp³-hybridized carbons (Fsp3) is 0.600. The molecule has 128 valence electrons. The fourth-order valence-corrected chi connectivity index (χ4v) is 2.70. The number of ether oxygens (including phenoxy) is 1. The normalized spacial score (nSPS) is 18.8. The lowest BCUT2D eigenvalue weighted by molar-refractivity contribution is -0.153. The maximum absolute atomic E-state index is 12.6. The van der Waals surface area contributed by atoms with Gasteiger partial charge >= 0.3 is 6.18 Å². The Hall–Kier alpha value is -1.83. The second-order valence-corrected chi connectivity index (χ2v) is 5.59. The molecule has 1 aliphatic rings. The van der Waals surface area contributed by atoms with Crippen molar-refractivity contribution in [3.05, 3.63) is 24.0 Å². The molecule has 1 aliphatic heterocycles. The predicted octanol–water partition coefficient (Wildman–Crippen LogP) is 2.22. The minimum Gasteiger partial charge on any atom is -0.482 e. The average Bonchev–Trinajstić information content (AvgIpc) is 2.52. The van der Waals surface area contributed by atoms with E-state index < -0.39 is 18.7 Å². The summed E-state index contributed by atoms with van der Waals surface area (Å²) in [6.45, 7) is 0.214. The maximum Gasteiger partial charge on any atom is 0.422 e. The molecule has 0 saturated carbocycles. The summed E-state index contributed by atoms with van der Waals surface area (Å²) < 4.78 is 41.7. The Morgan fingerprint density at radius 3 is 2.96 bits per heavy atom. The maximum atomic E-state index is 12.6. The quantitative estimate of drug-likeness (QED) is 0.898. The summed E-state index contributed by atoms with van der Waals surface area (Å²) in [6, 6.07) is 2.77. The largest absolute Gasteiger partial charge is 0.482 e. The first kappa shape index (κ1) is 17.5. The summed E-state index contributed by atoms with van der Waals surface area (Å²) in [4.78, 5) is 18.1. The smallest absolute Gasteiger partial charge is 0.422 e. The van der Waals surface area contributed by atoms with E-state index in [4.69, 9.17) is 10.5 Å². The third-order valence-electron chi connectivity index (χ3n) is 3.75. The molecule has 1 atom stereocenters. The topological polar surface area (TPSA) is 68.5 Å². The van der Waals surface area contributed by atoms with Crippen molar-refractivity contribution in [3.63, 3.8) is 0 Å². The molecule has 0 aliphatic carbocycles. The van der Waals surface area contributed by atoms with E-state index in [2.05, 4.69) is 4.98 Å². The van der Waals surface area contributed by atoms with Crippen LogP contribution in [0.3, 0.4) is 0 Å². The molecule has 1 amide bonds. The van der Waals surface area contributed by atoms with E-state index in [9.17, 15) is 18.0 Å². The minimum atomic E-state index is -4.46. The highest BCUT2D eigenvalue weighted by Crippen LogP contribution is 2.25. The highest BCUT2D eigenvalue weighted by molar-refractivity contribution is 5.95. The van der Waals surface area contributed by atoms with Gasteiger partial charge in [-0.05, 0) is 43.9 Å². The Balaban J connectivity index is 2.09. The highest BCUT2D eigenvalue weighted by atomic mass is 19.4. The van der Waals surface area contributed by atoms with Crippen molar-refractivity contribution < 1.29 is 22.7 Å². The molecule has 5 nitrogen and oxygen atoms in total. The molecule has 2 N–H and O–H groups in total. The summed E-state index contributed by atoms with van der Waals surface area (Å²) in [7, 11) is 0. The van der Waals surface area contributed by atoms with E-state index in [0.29, 0.717) is 25.6 Å². The van der Waals surface area contributed by atoms with Crippen molar-refractivity contribution >= 4 is 5.91 Å². The van der Waals surface area contributed by atoms with Gasteiger partial charge in [-0.2, -0.15) is 13.2 Å². The molecule has 1 aromatic heterocycles. The van der Waals surface area contributed by atoms with Crippen LogP contribution in [0.4, 0.5) is 13.2 Å². The van der Waals surface area contributed by atoms with Crippen LogP contribution in [0.1, 0.15) is 29.8 Å². The van der Waals surface area contributed by atoms with Gasteiger partial charge < -0.3 is 15.4 Å². The van der Waals surface area contributed by atoms with Gasteiger partial charge in [-0.25, -0.2) is 4.98 Å². The number of hydrogen-bond acceptors (Lipinski definition) is 4. The number of alkyl halides is 3. The van der Waals surface area contributed by atoms with Gasteiger partial charge in [-0.15, -0.1) is 0 Å². The lowest BCUT2D eigenvalue weighted by atomic mass is 9.94.